The van der Waals surface area contributed by atoms with Crippen LogP contribution in [0.15, 0.2) is 54.7 Å². The first-order valence-electron chi connectivity index (χ1n) is 9.34. The molecule has 0 radical (unpaired) electrons. The number of aryl methyl sites for hydroxylation is 1. The fourth-order valence-electron chi connectivity index (χ4n) is 3.37. The van der Waals surface area contributed by atoms with Gasteiger partial charge in [0, 0.05) is 31.1 Å². The summed E-state index contributed by atoms with van der Waals surface area (Å²) in [6, 6.07) is 14.0. The molecule has 1 aliphatic rings. The van der Waals surface area contributed by atoms with E-state index in [1.54, 1.807) is 24.0 Å². The van der Waals surface area contributed by atoms with Crippen LogP contribution in [0.25, 0.3) is 5.69 Å². The highest BCUT2D eigenvalue weighted by molar-refractivity contribution is 5.96. The van der Waals surface area contributed by atoms with Gasteiger partial charge in [-0.1, -0.05) is 23.4 Å². The lowest BCUT2D eigenvalue weighted by molar-refractivity contribution is -0.117. The Bertz CT molecular complexity index is 1050. The van der Waals surface area contributed by atoms with E-state index in [2.05, 4.69) is 15.6 Å². The summed E-state index contributed by atoms with van der Waals surface area (Å²) in [5, 5.41) is 10.7. The van der Waals surface area contributed by atoms with Crippen LogP contribution in [0.3, 0.4) is 0 Å². The molecule has 1 atom stereocenters. The summed E-state index contributed by atoms with van der Waals surface area (Å²) in [5.74, 6) is -0.585. The molecular formula is C21H20FN5O2. The van der Waals surface area contributed by atoms with Gasteiger partial charge in [-0.05, 0) is 42.8 Å². The molecule has 4 rings (SSSR count). The number of para-hydroxylation sites is 1. The van der Waals surface area contributed by atoms with Crippen LogP contribution in [0.2, 0.25) is 0 Å². The first-order chi connectivity index (χ1) is 14.0. The molecule has 2 heterocycles. The number of hydrogen-bond donors (Lipinski definition) is 1. The third-order valence-electron chi connectivity index (χ3n) is 4.96. The number of rotatable bonds is 5. The van der Waals surface area contributed by atoms with Crippen LogP contribution >= 0.6 is 0 Å². The lowest BCUT2D eigenvalue weighted by atomic mass is 10.1. The number of hydrogen-bond acceptors (Lipinski definition) is 4. The van der Waals surface area contributed by atoms with E-state index in [0.717, 1.165) is 5.69 Å². The smallest absolute Gasteiger partial charge is 0.273 e. The number of aromatic nitrogens is 3. The van der Waals surface area contributed by atoms with Crippen molar-refractivity contribution in [3.63, 3.8) is 0 Å². The molecule has 0 bridgehead atoms. The zero-order valence-corrected chi connectivity index (χ0v) is 15.9. The zero-order chi connectivity index (χ0) is 20.4. The first-order valence-corrected chi connectivity index (χ1v) is 9.34. The van der Waals surface area contributed by atoms with Gasteiger partial charge < -0.3 is 10.2 Å². The molecule has 1 aromatic heterocycles. The molecule has 2 aromatic carbocycles. The monoisotopic (exact) mass is 393 g/mol. The topological polar surface area (TPSA) is 80.1 Å². The first kappa shape index (κ1) is 18.8. The van der Waals surface area contributed by atoms with E-state index in [1.807, 2.05) is 30.3 Å². The van der Waals surface area contributed by atoms with Crippen LogP contribution in [0, 0.1) is 18.7 Å². The summed E-state index contributed by atoms with van der Waals surface area (Å²) >= 11 is 0. The van der Waals surface area contributed by atoms with E-state index in [9.17, 15) is 14.0 Å². The molecule has 0 aliphatic carbocycles. The SMILES string of the molecule is Cc1cc(-n2cc(C(=O)NCC3CC(=O)N(c4ccccc4)C3)nn2)ccc1F. The molecule has 2 amide bonds. The Morgan fingerprint density at radius 2 is 2.00 bits per heavy atom. The van der Waals surface area contributed by atoms with Crippen LogP contribution in [0.5, 0.6) is 0 Å². The van der Waals surface area contributed by atoms with Crippen molar-refractivity contribution in [2.45, 2.75) is 13.3 Å². The van der Waals surface area contributed by atoms with Crippen molar-refractivity contribution in [3.05, 3.63) is 71.8 Å². The Hall–Kier alpha value is -3.55. The molecule has 3 aromatic rings. The van der Waals surface area contributed by atoms with Gasteiger partial charge in [0.25, 0.3) is 5.91 Å². The molecule has 29 heavy (non-hydrogen) atoms. The van der Waals surface area contributed by atoms with Crippen molar-refractivity contribution in [3.8, 4) is 5.69 Å². The maximum absolute atomic E-state index is 13.4. The fraction of sp³-hybridized carbons (Fsp3) is 0.238. The van der Waals surface area contributed by atoms with Gasteiger partial charge in [-0.2, -0.15) is 0 Å². The standard InChI is InChI=1S/C21H20FN5O2/c1-14-9-17(7-8-18(14)22)27-13-19(24-25-27)21(29)23-11-15-10-20(28)26(12-15)16-5-3-2-4-6-16/h2-9,13,15H,10-12H2,1H3,(H,23,29). The summed E-state index contributed by atoms with van der Waals surface area (Å²) < 4.78 is 14.9. The predicted molar refractivity (Wildman–Crippen MR) is 105 cm³/mol. The second-order valence-electron chi connectivity index (χ2n) is 7.10. The molecule has 1 aliphatic heterocycles. The number of anilines is 1. The van der Waals surface area contributed by atoms with Crippen LogP contribution in [-0.2, 0) is 4.79 Å². The Kier molecular flexibility index (Phi) is 5.07. The molecule has 1 unspecified atom stereocenters. The van der Waals surface area contributed by atoms with Gasteiger partial charge in [0.15, 0.2) is 5.69 Å². The van der Waals surface area contributed by atoms with E-state index < -0.39 is 0 Å². The van der Waals surface area contributed by atoms with Crippen molar-refractivity contribution >= 4 is 17.5 Å². The Morgan fingerprint density at radius 3 is 2.76 bits per heavy atom. The molecular weight excluding hydrogens is 373 g/mol. The van der Waals surface area contributed by atoms with Gasteiger partial charge in [-0.25, -0.2) is 9.07 Å². The van der Waals surface area contributed by atoms with Crippen LogP contribution in [0.1, 0.15) is 22.5 Å². The summed E-state index contributed by atoms with van der Waals surface area (Å²) in [6.07, 6.45) is 1.88. The maximum atomic E-state index is 13.4. The number of benzene rings is 2. The molecule has 148 valence electrons. The predicted octanol–water partition coefficient (Wildman–Crippen LogP) is 2.50. The van der Waals surface area contributed by atoms with Crippen LogP contribution in [-0.4, -0.2) is 39.9 Å². The van der Waals surface area contributed by atoms with E-state index in [4.69, 9.17) is 0 Å². The maximum Gasteiger partial charge on any atom is 0.273 e. The van der Waals surface area contributed by atoms with Crippen LogP contribution in [0.4, 0.5) is 10.1 Å². The second-order valence-corrected chi connectivity index (χ2v) is 7.10. The Labute approximate surface area is 167 Å². The summed E-state index contributed by atoms with van der Waals surface area (Å²) in [7, 11) is 0. The highest BCUT2D eigenvalue weighted by atomic mass is 19.1. The molecule has 1 saturated heterocycles. The quantitative estimate of drug-likeness (QED) is 0.722. The Balaban J connectivity index is 1.36. The minimum atomic E-state index is -0.360. The number of carbonyl (C=O) groups excluding carboxylic acids is 2. The third-order valence-corrected chi connectivity index (χ3v) is 4.96. The summed E-state index contributed by atoms with van der Waals surface area (Å²) in [4.78, 5) is 26.4. The van der Waals surface area contributed by atoms with Crippen LogP contribution < -0.4 is 10.2 Å². The lowest BCUT2D eigenvalue weighted by Gasteiger charge is -2.16. The van der Waals surface area contributed by atoms with Crippen molar-refractivity contribution in [2.75, 3.05) is 18.0 Å². The normalized spacial score (nSPS) is 16.3. The van der Waals surface area contributed by atoms with Gasteiger partial charge in [0.05, 0.1) is 11.9 Å². The third kappa shape index (κ3) is 4.01. The molecule has 0 saturated carbocycles. The average molecular weight is 393 g/mol. The summed E-state index contributed by atoms with van der Waals surface area (Å²) in [5.41, 5.74) is 2.13. The number of carbonyl (C=O) groups is 2. The van der Waals surface area contributed by atoms with Crippen molar-refractivity contribution < 1.29 is 14.0 Å². The minimum Gasteiger partial charge on any atom is -0.350 e. The van der Waals surface area contributed by atoms with Gasteiger partial charge in [-0.3, -0.25) is 9.59 Å². The Morgan fingerprint density at radius 1 is 1.21 bits per heavy atom. The number of nitrogens with zero attached hydrogens (tertiary/aromatic N) is 4. The lowest BCUT2D eigenvalue weighted by Crippen LogP contribution is -2.31. The van der Waals surface area contributed by atoms with Gasteiger partial charge in [-0.15, -0.1) is 5.10 Å². The zero-order valence-electron chi connectivity index (χ0n) is 15.9. The largest absolute Gasteiger partial charge is 0.350 e. The van der Waals surface area contributed by atoms with E-state index >= 15 is 0 Å². The number of halogens is 1. The van der Waals surface area contributed by atoms with Gasteiger partial charge >= 0.3 is 0 Å². The average Bonchev–Trinajstić information content (AvgIpc) is 3.36. The van der Waals surface area contributed by atoms with E-state index in [0.29, 0.717) is 30.8 Å². The van der Waals surface area contributed by atoms with Crippen molar-refractivity contribution in [2.24, 2.45) is 5.92 Å². The molecule has 1 N–H and O–H groups in total. The number of nitrogens with one attached hydrogen (secondary N) is 1. The molecule has 0 spiro atoms. The summed E-state index contributed by atoms with van der Waals surface area (Å²) in [6.45, 7) is 2.59. The number of amides is 2. The van der Waals surface area contributed by atoms with Gasteiger partial charge in [0.1, 0.15) is 5.82 Å². The molecule has 7 nitrogen and oxygen atoms in total. The fourth-order valence-corrected chi connectivity index (χ4v) is 3.37. The second kappa shape index (κ2) is 7.83. The minimum absolute atomic E-state index is 0.0291. The van der Waals surface area contributed by atoms with Gasteiger partial charge in [0.2, 0.25) is 5.91 Å². The van der Waals surface area contributed by atoms with E-state index in [1.165, 1.54) is 16.9 Å². The molecule has 8 heteroatoms. The van der Waals surface area contributed by atoms with Crippen molar-refractivity contribution in [1.29, 1.82) is 0 Å². The highest BCUT2D eigenvalue weighted by Crippen LogP contribution is 2.24. The van der Waals surface area contributed by atoms with Crippen molar-refractivity contribution in [1.82, 2.24) is 20.3 Å². The highest BCUT2D eigenvalue weighted by Gasteiger charge is 2.30. The van der Waals surface area contributed by atoms with E-state index in [-0.39, 0.29) is 29.2 Å². The molecule has 1 fully saturated rings.